The van der Waals surface area contributed by atoms with E-state index in [1.54, 1.807) is 36.4 Å². The Bertz CT molecular complexity index is 1430. The standard InChI is InChI=1S/C28H24FN3O4/c29-21-10-8-20(9-11-21)26(34)23-14-15-24(33)32(27(23)30)22-12-6-18(7-13-22)16-17-31-25(28(35)36)19-4-2-1-3-5-19/h1-15,25,31H,16-17,30H2,(H,35,36)/t25-/m0/s1. The molecule has 3 aromatic carbocycles. The van der Waals surface area contributed by atoms with Crippen LogP contribution in [0.2, 0.25) is 0 Å². The van der Waals surface area contributed by atoms with E-state index in [1.807, 2.05) is 18.2 Å². The number of aliphatic carboxylic acids is 1. The van der Waals surface area contributed by atoms with Gasteiger partial charge in [-0.15, -0.1) is 0 Å². The number of nitrogens with two attached hydrogens (primary N) is 1. The number of hydrogen-bond donors (Lipinski definition) is 3. The number of nitrogen functional groups attached to an aromatic ring is 1. The summed E-state index contributed by atoms with van der Waals surface area (Å²) in [5.74, 6) is -1.85. The maximum absolute atomic E-state index is 13.2. The van der Waals surface area contributed by atoms with Crippen LogP contribution in [0.1, 0.15) is 33.1 Å². The van der Waals surface area contributed by atoms with E-state index >= 15 is 0 Å². The molecule has 1 aromatic heterocycles. The normalized spacial score (nSPS) is 11.7. The van der Waals surface area contributed by atoms with Crippen LogP contribution in [-0.2, 0) is 11.2 Å². The summed E-state index contributed by atoms with van der Waals surface area (Å²) >= 11 is 0. The summed E-state index contributed by atoms with van der Waals surface area (Å²) in [6.07, 6.45) is 0.560. The van der Waals surface area contributed by atoms with Gasteiger partial charge in [0.25, 0.3) is 5.56 Å². The van der Waals surface area contributed by atoms with Gasteiger partial charge in [-0.1, -0.05) is 42.5 Å². The van der Waals surface area contributed by atoms with Crippen molar-refractivity contribution in [2.24, 2.45) is 0 Å². The number of carboxylic acids is 1. The molecule has 0 amide bonds. The van der Waals surface area contributed by atoms with Crippen LogP contribution in [0.4, 0.5) is 10.2 Å². The van der Waals surface area contributed by atoms with Crippen molar-refractivity contribution < 1.29 is 19.1 Å². The molecule has 0 aliphatic rings. The van der Waals surface area contributed by atoms with Crippen LogP contribution < -0.4 is 16.6 Å². The molecule has 4 rings (SSSR count). The third-order valence-corrected chi connectivity index (χ3v) is 5.82. The first-order chi connectivity index (χ1) is 17.3. The maximum atomic E-state index is 13.2. The van der Waals surface area contributed by atoms with Crippen LogP contribution in [0, 0.1) is 5.82 Å². The summed E-state index contributed by atoms with van der Waals surface area (Å²) in [6, 6.07) is 22.9. The molecule has 1 atom stereocenters. The first-order valence-corrected chi connectivity index (χ1v) is 11.3. The zero-order chi connectivity index (χ0) is 25.7. The van der Waals surface area contributed by atoms with E-state index in [0.717, 1.165) is 5.56 Å². The number of carbonyl (C=O) groups is 2. The van der Waals surface area contributed by atoms with Crippen LogP contribution in [0.5, 0.6) is 0 Å². The number of halogens is 1. The molecule has 0 aliphatic heterocycles. The minimum absolute atomic E-state index is 0.0154. The molecule has 4 N–H and O–H groups in total. The monoisotopic (exact) mass is 485 g/mol. The Labute approximate surface area is 206 Å². The van der Waals surface area contributed by atoms with Crippen LogP contribution in [0.3, 0.4) is 0 Å². The number of anilines is 1. The maximum Gasteiger partial charge on any atom is 0.325 e. The molecule has 182 valence electrons. The largest absolute Gasteiger partial charge is 0.480 e. The van der Waals surface area contributed by atoms with Crippen molar-refractivity contribution in [1.29, 1.82) is 0 Å². The van der Waals surface area contributed by atoms with Crippen molar-refractivity contribution in [3.05, 3.63) is 129 Å². The lowest BCUT2D eigenvalue weighted by molar-refractivity contribution is -0.139. The fraction of sp³-hybridized carbons (Fsp3) is 0.107. The van der Waals surface area contributed by atoms with Gasteiger partial charge in [0.1, 0.15) is 17.7 Å². The molecule has 1 heterocycles. The zero-order valence-corrected chi connectivity index (χ0v) is 19.2. The van der Waals surface area contributed by atoms with Crippen molar-refractivity contribution in [3.8, 4) is 5.69 Å². The molecule has 0 fully saturated rings. The predicted octanol–water partition coefficient (Wildman–Crippen LogP) is 3.75. The number of aromatic nitrogens is 1. The number of carboxylic acid groups (broad SMARTS) is 1. The lowest BCUT2D eigenvalue weighted by Crippen LogP contribution is -2.30. The Morgan fingerprint density at radius 3 is 2.22 bits per heavy atom. The van der Waals surface area contributed by atoms with E-state index in [2.05, 4.69) is 5.32 Å². The minimum atomic E-state index is -0.957. The van der Waals surface area contributed by atoms with Gasteiger partial charge < -0.3 is 16.2 Å². The summed E-state index contributed by atoms with van der Waals surface area (Å²) < 4.78 is 14.5. The third kappa shape index (κ3) is 5.39. The average molecular weight is 486 g/mol. The van der Waals surface area contributed by atoms with Gasteiger partial charge in [0, 0.05) is 18.2 Å². The second kappa shape index (κ2) is 10.8. The number of nitrogens with one attached hydrogen (secondary N) is 1. The highest BCUT2D eigenvalue weighted by molar-refractivity contribution is 6.11. The van der Waals surface area contributed by atoms with Gasteiger partial charge in [-0.2, -0.15) is 0 Å². The molecule has 4 aromatic rings. The van der Waals surface area contributed by atoms with Crippen LogP contribution in [0.25, 0.3) is 5.69 Å². The van der Waals surface area contributed by atoms with E-state index in [-0.39, 0.29) is 16.9 Å². The van der Waals surface area contributed by atoms with Crippen molar-refractivity contribution in [3.63, 3.8) is 0 Å². The summed E-state index contributed by atoms with van der Waals surface area (Å²) in [5.41, 5.74) is 8.29. The highest BCUT2D eigenvalue weighted by Gasteiger charge is 2.19. The van der Waals surface area contributed by atoms with E-state index in [1.165, 1.54) is 41.0 Å². The topological polar surface area (TPSA) is 114 Å². The molecule has 0 aliphatic carbocycles. The number of pyridine rings is 1. The summed E-state index contributed by atoms with van der Waals surface area (Å²) in [5, 5.41) is 12.6. The molecule has 0 saturated heterocycles. The number of hydrogen-bond acceptors (Lipinski definition) is 5. The van der Waals surface area contributed by atoms with Gasteiger partial charge in [-0.3, -0.25) is 19.0 Å². The van der Waals surface area contributed by atoms with E-state index in [9.17, 15) is 23.9 Å². The molecule has 0 saturated carbocycles. The molecule has 36 heavy (non-hydrogen) atoms. The van der Waals surface area contributed by atoms with Crippen LogP contribution >= 0.6 is 0 Å². The highest BCUT2D eigenvalue weighted by Crippen LogP contribution is 2.20. The van der Waals surface area contributed by atoms with Gasteiger partial charge in [0.15, 0.2) is 5.78 Å². The highest BCUT2D eigenvalue weighted by atomic mass is 19.1. The van der Waals surface area contributed by atoms with Gasteiger partial charge >= 0.3 is 5.97 Å². The van der Waals surface area contributed by atoms with Gasteiger partial charge in [0.05, 0.1) is 11.3 Å². The number of benzene rings is 3. The molecular formula is C28H24FN3O4. The molecule has 7 nitrogen and oxygen atoms in total. The summed E-state index contributed by atoms with van der Waals surface area (Å²) in [7, 11) is 0. The Morgan fingerprint density at radius 1 is 0.917 bits per heavy atom. The number of carbonyl (C=O) groups excluding carboxylic acids is 1. The molecule has 0 unspecified atom stereocenters. The van der Waals surface area contributed by atoms with Gasteiger partial charge in [-0.05, 0) is 60.0 Å². The number of nitrogens with zero attached hydrogens (tertiary/aromatic N) is 1. The Kier molecular flexibility index (Phi) is 7.36. The van der Waals surface area contributed by atoms with Crippen LogP contribution in [0.15, 0.2) is 95.8 Å². The Hall–Kier alpha value is -4.56. The van der Waals surface area contributed by atoms with E-state index < -0.39 is 29.2 Å². The van der Waals surface area contributed by atoms with Gasteiger partial charge in [0.2, 0.25) is 0 Å². The first-order valence-electron chi connectivity index (χ1n) is 11.3. The zero-order valence-electron chi connectivity index (χ0n) is 19.2. The lowest BCUT2D eigenvalue weighted by Gasteiger charge is -2.15. The fourth-order valence-corrected chi connectivity index (χ4v) is 3.93. The van der Waals surface area contributed by atoms with Crippen molar-refractivity contribution in [2.45, 2.75) is 12.5 Å². The van der Waals surface area contributed by atoms with Crippen molar-refractivity contribution in [2.75, 3.05) is 12.3 Å². The van der Waals surface area contributed by atoms with E-state index in [4.69, 9.17) is 5.73 Å². The van der Waals surface area contributed by atoms with Gasteiger partial charge in [-0.25, -0.2) is 4.39 Å². The molecular weight excluding hydrogens is 461 g/mol. The minimum Gasteiger partial charge on any atom is -0.480 e. The van der Waals surface area contributed by atoms with Crippen molar-refractivity contribution >= 4 is 17.6 Å². The number of ketones is 1. The summed E-state index contributed by atoms with van der Waals surface area (Å²) in [4.78, 5) is 37.1. The smallest absolute Gasteiger partial charge is 0.325 e. The Balaban J connectivity index is 1.50. The fourth-order valence-electron chi connectivity index (χ4n) is 3.93. The lowest BCUT2D eigenvalue weighted by atomic mass is 10.0. The molecule has 8 heteroatoms. The first kappa shape index (κ1) is 24.6. The second-order valence-electron chi connectivity index (χ2n) is 8.19. The quantitative estimate of drug-likeness (QED) is 0.311. The third-order valence-electron chi connectivity index (χ3n) is 5.82. The molecule has 0 radical (unpaired) electrons. The Morgan fingerprint density at radius 2 is 1.58 bits per heavy atom. The predicted molar refractivity (Wildman–Crippen MR) is 135 cm³/mol. The summed E-state index contributed by atoms with van der Waals surface area (Å²) in [6.45, 7) is 0.426. The van der Waals surface area contributed by atoms with E-state index in [0.29, 0.717) is 24.2 Å². The van der Waals surface area contributed by atoms with Crippen LogP contribution in [-0.4, -0.2) is 28.0 Å². The second-order valence-corrected chi connectivity index (χ2v) is 8.19. The molecule has 0 spiro atoms. The van der Waals surface area contributed by atoms with Crippen molar-refractivity contribution in [1.82, 2.24) is 9.88 Å². The molecule has 0 bridgehead atoms. The SMILES string of the molecule is Nc1c(C(=O)c2ccc(F)cc2)ccc(=O)n1-c1ccc(CCN[C@H](C(=O)O)c2ccccc2)cc1. The number of rotatable bonds is 9. The average Bonchev–Trinajstić information content (AvgIpc) is 2.88.